The lowest BCUT2D eigenvalue weighted by Gasteiger charge is -2.24. The van der Waals surface area contributed by atoms with E-state index in [4.69, 9.17) is 0 Å². The van der Waals surface area contributed by atoms with E-state index in [1.54, 1.807) is 37.3 Å². The fourth-order valence-electron chi connectivity index (χ4n) is 3.17. The van der Waals surface area contributed by atoms with Crippen molar-refractivity contribution in [3.05, 3.63) is 65.2 Å². The Bertz CT molecular complexity index is 856. The summed E-state index contributed by atoms with van der Waals surface area (Å²) in [5, 5.41) is 0. The molecule has 1 aliphatic rings. The summed E-state index contributed by atoms with van der Waals surface area (Å²) in [5.41, 5.74) is 2.34. The lowest BCUT2D eigenvalue weighted by Crippen LogP contribution is -2.40. The van der Waals surface area contributed by atoms with Gasteiger partial charge < -0.3 is 0 Å². The number of hydrogen-bond donors (Lipinski definition) is 0. The summed E-state index contributed by atoms with van der Waals surface area (Å²) in [6.45, 7) is 4.12. The van der Waals surface area contributed by atoms with Crippen molar-refractivity contribution in [2.45, 2.75) is 37.6 Å². The predicted octanol–water partition coefficient (Wildman–Crippen LogP) is 3.34. The molecule has 0 bridgehead atoms. The van der Waals surface area contributed by atoms with E-state index in [9.17, 15) is 13.2 Å². The number of Topliss-reactive ketones (excluding diaryl/α,β-unsaturated/α-hetero) is 1. The van der Waals surface area contributed by atoms with Gasteiger partial charge in [0.05, 0.1) is 10.9 Å². The van der Waals surface area contributed by atoms with Crippen LogP contribution in [-0.2, 0) is 10.0 Å². The molecule has 1 aliphatic heterocycles. The third kappa shape index (κ3) is 3.01. The lowest BCUT2D eigenvalue weighted by atomic mass is 10.0. The highest BCUT2D eigenvalue weighted by Gasteiger charge is 2.40. The van der Waals surface area contributed by atoms with E-state index in [1.165, 1.54) is 4.31 Å². The Balaban J connectivity index is 1.94. The van der Waals surface area contributed by atoms with E-state index in [0.717, 1.165) is 5.56 Å². The first-order valence-electron chi connectivity index (χ1n) is 8.09. The summed E-state index contributed by atoms with van der Waals surface area (Å²) >= 11 is 0. The van der Waals surface area contributed by atoms with Crippen LogP contribution in [0.15, 0.2) is 53.4 Å². The molecule has 0 spiro atoms. The van der Waals surface area contributed by atoms with Gasteiger partial charge in [-0.25, -0.2) is 8.42 Å². The summed E-state index contributed by atoms with van der Waals surface area (Å²) in [6, 6.07) is 13.6. The summed E-state index contributed by atoms with van der Waals surface area (Å²) in [6.07, 6.45) is 1.27. The zero-order valence-electron chi connectivity index (χ0n) is 13.9. The molecular weight excluding hydrogens is 322 g/mol. The fraction of sp³-hybridized carbons (Fsp3) is 0.316. The highest BCUT2D eigenvalue weighted by Crippen LogP contribution is 2.29. The van der Waals surface area contributed by atoms with Gasteiger partial charge in [0.25, 0.3) is 0 Å². The first-order chi connectivity index (χ1) is 11.4. The molecule has 24 heavy (non-hydrogen) atoms. The minimum absolute atomic E-state index is 0.121. The van der Waals surface area contributed by atoms with Crippen molar-refractivity contribution >= 4 is 15.8 Å². The van der Waals surface area contributed by atoms with Gasteiger partial charge in [0.2, 0.25) is 10.0 Å². The maximum atomic E-state index is 13.0. The second-order valence-electron chi connectivity index (χ2n) is 6.27. The topological polar surface area (TPSA) is 54.5 Å². The summed E-state index contributed by atoms with van der Waals surface area (Å²) in [5.74, 6) is -0.121. The Kier molecular flexibility index (Phi) is 4.56. The van der Waals surface area contributed by atoms with Gasteiger partial charge in [0.15, 0.2) is 5.78 Å². The first-order valence-corrected chi connectivity index (χ1v) is 9.53. The Morgan fingerprint density at radius 2 is 1.71 bits per heavy atom. The molecule has 0 aromatic heterocycles. The van der Waals surface area contributed by atoms with Crippen LogP contribution in [0.3, 0.4) is 0 Å². The molecule has 1 atom stereocenters. The van der Waals surface area contributed by atoms with Crippen LogP contribution in [0.2, 0.25) is 0 Å². The van der Waals surface area contributed by atoms with Crippen LogP contribution in [0.25, 0.3) is 0 Å². The fourth-order valence-corrected chi connectivity index (χ4v) is 5.06. The summed E-state index contributed by atoms with van der Waals surface area (Å²) in [7, 11) is -3.67. The molecule has 2 aromatic carbocycles. The number of hydrogen-bond acceptors (Lipinski definition) is 3. The molecule has 0 saturated carbocycles. The number of sulfonamides is 1. The van der Waals surface area contributed by atoms with E-state index in [-0.39, 0.29) is 10.7 Å². The average Bonchev–Trinajstić information content (AvgIpc) is 3.05. The van der Waals surface area contributed by atoms with Crippen molar-refractivity contribution in [3.8, 4) is 0 Å². The van der Waals surface area contributed by atoms with Crippen LogP contribution in [0.4, 0.5) is 0 Å². The molecular formula is C19H21NO3S. The number of carbonyl (C=O) groups excluding carboxylic acids is 1. The molecule has 1 heterocycles. The van der Waals surface area contributed by atoms with Crippen LogP contribution in [0.1, 0.15) is 34.3 Å². The molecule has 2 aromatic rings. The van der Waals surface area contributed by atoms with Crippen LogP contribution >= 0.6 is 0 Å². The van der Waals surface area contributed by atoms with Crippen LogP contribution in [0, 0.1) is 13.8 Å². The van der Waals surface area contributed by atoms with Gasteiger partial charge in [-0.3, -0.25) is 4.79 Å². The van der Waals surface area contributed by atoms with Crippen LogP contribution < -0.4 is 0 Å². The number of carbonyl (C=O) groups is 1. The zero-order valence-corrected chi connectivity index (χ0v) is 14.7. The molecule has 1 saturated heterocycles. The van der Waals surface area contributed by atoms with Gasteiger partial charge in [-0.2, -0.15) is 4.31 Å². The molecule has 1 unspecified atom stereocenters. The minimum Gasteiger partial charge on any atom is -0.292 e. The normalized spacial score (nSPS) is 18.7. The SMILES string of the molecule is Cc1ccc(C(=O)C2CCCN2S(=O)(=O)c2ccccc2C)cc1. The third-order valence-electron chi connectivity index (χ3n) is 4.52. The molecule has 4 nitrogen and oxygen atoms in total. The number of nitrogens with zero attached hydrogens (tertiary/aromatic N) is 1. The Morgan fingerprint density at radius 3 is 2.38 bits per heavy atom. The van der Waals surface area contributed by atoms with Gasteiger partial charge in [0.1, 0.15) is 0 Å². The van der Waals surface area contributed by atoms with Crippen LogP contribution in [-0.4, -0.2) is 31.1 Å². The Hall–Kier alpha value is -1.98. The van der Waals surface area contributed by atoms with Crippen molar-refractivity contribution in [1.82, 2.24) is 4.31 Å². The predicted molar refractivity (Wildman–Crippen MR) is 93.6 cm³/mol. The maximum absolute atomic E-state index is 13.0. The minimum atomic E-state index is -3.67. The number of aryl methyl sites for hydroxylation is 2. The van der Waals surface area contributed by atoms with Gasteiger partial charge in [0, 0.05) is 12.1 Å². The van der Waals surface area contributed by atoms with E-state index in [0.29, 0.717) is 30.5 Å². The monoisotopic (exact) mass is 343 g/mol. The number of rotatable bonds is 4. The number of ketones is 1. The Morgan fingerprint density at radius 1 is 1.04 bits per heavy atom. The highest BCUT2D eigenvalue weighted by molar-refractivity contribution is 7.89. The van der Waals surface area contributed by atoms with Crippen molar-refractivity contribution in [3.63, 3.8) is 0 Å². The highest BCUT2D eigenvalue weighted by atomic mass is 32.2. The molecule has 0 radical (unpaired) electrons. The van der Waals surface area contributed by atoms with Crippen molar-refractivity contribution in [2.24, 2.45) is 0 Å². The lowest BCUT2D eigenvalue weighted by molar-refractivity contribution is 0.0918. The van der Waals surface area contributed by atoms with E-state index in [1.807, 2.05) is 25.1 Å². The molecule has 0 aliphatic carbocycles. The zero-order chi connectivity index (χ0) is 17.3. The van der Waals surface area contributed by atoms with Gasteiger partial charge in [-0.05, 0) is 38.3 Å². The summed E-state index contributed by atoms with van der Waals surface area (Å²) < 4.78 is 27.4. The molecule has 1 fully saturated rings. The largest absolute Gasteiger partial charge is 0.292 e. The first kappa shape index (κ1) is 16.9. The van der Waals surface area contributed by atoms with E-state index < -0.39 is 16.1 Å². The number of benzene rings is 2. The Labute approximate surface area is 143 Å². The van der Waals surface area contributed by atoms with Crippen molar-refractivity contribution < 1.29 is 13.2 Å². The van der Waals surface area contributed by atoms with E-state index >= 15 is 0 Å². The molecule has 0 N–H and O–H groups in total. The molecule has 3 rings (SSSR count). The van der Waals surface area contributed by atoms with E-state index in [2.05, 4.69) is 0 Å². The molecule has 126 valence electrons. The second kappa shape index (κ2) is 6.49. The average molecular weight is 343 g/mol. The maximum Gasteiger partial charge on any atom is 0.244 e. The van der Waals surface area contributed by atoms with Crippen molar-refractivity contribution in [1.29, 1.82) is 0 Å². The molecule has 0 amide bonds. The quantitative estimate of drug-likeness (QED) is 0.800. The van der Waals surface area contributed by atoms with Gasteiger partial charge in [-0.15, -0.1) is 0 Å². The van der Waals surface area contributed by atoms with Crippen LogP contribution in [0.5, 0.6) is 0 Å². The molecule has 5 heteroatoms. The van der Waals surface area contributed by atoms with Crippen molar-refractivity contribution in [2.75, 3.05) is 6.54 Å². The summed E-state index contributed by atoms with van der Waals surface area (Å²) in [4.78, 5) is 13.1. The smallest absolute Gasteiger partial charge is 0.244 e. The second-order valence-corrected chi connectivity index (χ2v) is 8.13. The standard InChI is InChI=1S/C19H21NO3S/c1-14-9-11-16(12-10-14)19(21)17-7-5-13-20(17)24(22,23)18-8-4-3-6-15(18)2/h3-4,6,8-12,17H,5,7,13H2,1-2H3. The third-order valence-corrected chi connectivity index (χ3v) is 6.59. The van der Waals surface area contributed by atoms with Gasteiger partial charge in [-0.1, -0.05) is 48.0 Å². The van der Waals surface area contributed by atoms with Gasteiger partial charge >= 0.3 is 0 Å².